The van der Waals surface area contributed by atoms with Gasteiger partial charge in [0.2, 0.25) is 0 Å². The van der Waals surface area contributed by atoms with E-state index in [9.17, 15) is 0 Å². The molecule has 0 saturated carbocycles. The minimum absolute atomic E-state index is 1.27. The molecule has 0 saturated heterocycles. The number of hydrogen-bond donors (Lipinski definition) is 0. The third-order valence-electron chi connectivity index (χ3n) is 10.5. The van der Waals surface area contributed by atoms with E-state index in [1.165, 1.54) is 80.2 Å². The Morgan fingerprint density at radius 2 is 0.667 bits per heavy atom. The summed E-state index contributed by atoms with van der Waals surface area (Å²) in [5.74, 6) is 0. The summed E-state index contributed by atoms with van der Waals surface area (Å²) in [7, 11) is 0. The zero-order valence-corrected chi connectivity index (χ0v) is 31.5. The van der Waals surface area contributed by atoms with Crippen molar-refractivity contribution in [1.29, 1.82) is 0 Å². The van der Waals surface area contributed by atoms with Gasteiger partial charge in [0.05, 0.1) is 0 Å². The zero-order valence-electron chi connectivity index (χ0n) is 27.8. The van der Waals surface area contributed by atoms with Crippen LogP contribution in [0.25, 0.3) is 62.6 Å². The first-order valence-corrected chi connectivity index (χ1v) is 23.3. The van der Waals surface area contributed by atoms with Gasteiger partial charge in [-0.15, -0.1) is 0 Å². The minimum atomic E-state index is -3.77. The number of fused-ring (bicyclic) bond motifs is 6. The molecule has 240 valence electrons. The predicted molar refractivity (Wildman–Crippen MR) is 227 cm³/mol. The molecule has 0 spiro atoms. The quantitative estimate of drug-likeness (QED) is 0.149. The molecule has 0 aliphatic rings. The van der Waals surface area contributed by atoms with Crippen LogP contribution in [-0.4, -0.2) is 13.3 Å². The van der Waals surface area contributed by atoms with E-state index in [1.807, 2.05) is 22.7 Å². The van der Waals surface area contributed by atoms with Crippen molar-refractivity contribution in [1.82, 2.24) is 0 Å². The van der Waals surface area contributed by atoms with Gasteiger partial charge >= 0.3 is 310 Å². The van der Waals surface area contributed by atoms with Gasteiger partial charge in [0.25, 0.3) is 0 Å². The summed E-state index contributed by atoms with van der Waals surface area (Å²) in [5, 5.41) is 5.32. The van der Waals surface area contributed by atoms with E-state index in [4.69, 9.17) is 0 Å². The molecule has 2 heterocycles. The van der Waals surface area contributed by atoms with Crippen LogP contribution in [0.4, 0.5) is 0 Å². The predicted octanol–water partition coefficient (Wildman–Crippen LogP) is 11.1. The van der Waals surface area contributed by atoms with Crippen LogP contribution >= 0.6 is 22.7 Å². The van der Waals surface area contributed by atoms with Crippen LogP contribution in [-0.2, 0) is 0 Å². The van der Waals surface area contributed by atoms with Gasteiger partial charge < -0.3 is 0 Å². The normalized spacial score (nSPS) is 11.9. The maximum absolute atomic E-state index is 3.77. The van der Waals surface area contributed by atoms with Gasteiger partial charge in [0.1, 0.15) is 0 Å². The molecule has 0 aliphatic carbocycles. The van der Waals surface area contributed by atoms with Gasteiger partial charge in [-0.25, -0.2) is 0 Å². The van der Waals surface area contributed by atoms with Crippen LogP contribution in [0.1, 0.15) is 0 Å². The Balaban J connectivity index is 1.30. The van der Waals surface area contributed by atoms with Crippen molar-refractivity contribution in [2.45, 2.75) is 0 Å². The van der Waals surface area contributed by atoms with E-state index in [2.05, 4.69) is 194 Å². The number of benzene rings is 8. The fourth-order valence-electron chi connectivity index (χ4n) is 8.22. The van der Waals surface area contributed by atoms with Crippen molar-refractivity contribution >= 4 is 93.9 Å². The Kier molecular flexibility index (Phi) is 7.49. The maximum atomic E-state index is 2.44. The van der Waals surface area contributed by atoms with Gasteiger partial charge in [-0.3, -0.25) is 0 Å². The third-order valence-corrected chi connectivity index (χ3v) is 23.0. The molecule has 10 rings (SSSR count). The van der Waals surface area contributed by atoms with Crippen molar-refractivity contribution < 1.29 is 0 Å². The standard InChI is InChI=1S/C48H32GeS2/c1-3-15-35(16-4-1)49(36-17-5-2-6-18-36,43-23-11-7-19-37(43)33-27-29-47-41(31-33)39-21-9-13-25-45(39)50-47)44-24-12-8-20-38(44)34-28-30-48-42(32-34)40-22-10-14-26-46(40)51-48/h1-32H. The molecule has 0 radical (unpaired) electrons. The molecule has 3 heteroatoms. The van der Waals surface area contributed by atoms with Crippen LogP contribution in [0, 0.1) is 0 Å². The summed E-state index contributed by atoms with van der Waals surface area (Å²) in [5.41, 5.74) is 5.17. The van der Waals surface area contributed by atoms with E-state index >= 15 is 0 Å². The first-order chi connectivity index (χ1) is 25.3. The summed E-state index contributed by atoms with van der Waals surface area (Å²) >= 11 is -0.0145. The van der Waals surface area contributed by atoms with E-state index in [-0.39, 0.29) is 0 Å². The number of hydrogen-bond acceptors (Lipinski definition) is 2. The van der Waals surface area contributed by atoms with Gasteiger partial charge in [0.15, 0.2) is 0 Å². The molecule has 2 aromatic heterocycles. The average molecular weight is 746 g/mol. The first-order valence-electron chi connectivity index (χ1n) is 17.4. The monoisotopic (exact) mass is 746 g/mol. The molecule has 8 aromatic carbocycles. The molecule has 0 nitrogen and oxygen atoms in total. The summed E-state index contributed by atoms with van der Waals surface area (Å²) in [4.78, 5) is 0. The Hall–Kier alpha value is -5.26. The van der Waals surface area contributed by atoms with Gasteiger partial charge in [0, 0.05) is 0 Å². The molecule has 0 aliphatic heterocycles. The van der Waals surface area contributed by atoms with Crippen molar-refractivity contribution in [3.63, 3.8) is 0 Å². The van der Waals surface area contributed by atoms with Crippen LogP contribution in [0.2, 0.25) is 0 Å². The molecule has 10 aromatic rings. The van der Waals surface area contributed by atoms with E-state index in [1.54, 1.807) is 0 Å². The number of thiophene rings is 2. The molecular formula is C48H32GeS2. The molecule has 0 unspecified atom stereocenters. The molecule has 0 atom stereocenters. The SMILES string of the molecule is c1cc[c]([Ge]([c]2ccccc2)([c]2ccccc2-c2ccc3sc4ccccc4c3c2)[c]2ccccc2-c2ccc3sc4ccccc4c3c2)cc1. The average Bonchev–Trinajstić information content (AvgIpc) is 3.77. The second-order valence-corrected chi connectivity index (χ2v) is 23.2. The van der Waals surface area contributed by atoms with Crippen molar-refractivity contribution in [2.75, 3.05) is 0 Å². The molecular weight excluding hydrogens is 713 g/mol. The molecule has 51 heavy (non-hydrogen) atoms. The number of rotatable bonds is 6. The molecule has 0 amide bonds. The Bertz CT molecular complexity index is 2670. The Labute approximate surface area is 308 Å². The van der Waals surface area contributed by atoms with E-state index in [0.717, 1.165) is 0 Å². The summed E-state index contributed by atoms with van der Waals surface area (Å²) in [6, 6.07) is 73.3. The first kappa shape index (κ1) is 30.6. The molecule has 0 fully saturated rings. The fourth-order valence-corrected chi connectivity index (χ4v) is 21.3. The summed E-state index contributed by atoms with van der Waals surface area (Å²) in [6.45, 7) is 0. The van der Waals surface area contributed by atoms with Crippen molar-refractivity contribution in [3.8, 4) is 22.3 Å². The topological polar surface area (TPSA) is 0 Å². The zero-order chi connectivity index (χ0) is 33.8. The third kappa shape index (κ3) is 4.93. The van der Waals surface area contributed by atoms with E-state index in [0.29, 0.717) is 0 Å². The second kappa shape index (κ2) is 12.5. The van der Waals surface area contributed by atoms with Crippen molar-refractivity contribution in [2.24, 2.45) is 0 Å². The van der Waals surface area contributed by atoms with E-state index < -0.39 is 13.3 Å². The van der Waals surface area contributed by atoms with Gasteiger partial charge in [-0.1, -0.05) is 0 Å². The van der Waals surface area contributed by atoms with Gasteiger partial charge in [-0.05, 0) is 0 Å². The summed E-state index contributed by atoms with van der Waals surface area (Å²) < 4.78 is 11.1. The van der Waals surface area contributed by atoms with Crippen molar-refractivity contribution in [3.05, 3.63) is 194 Å². The van der Waals surface area contributed by atoms with Crippen LogP contribution in [0.3, 0.4) is 0 Å². The van der Waals surface area contributed by atoms with Crippen LogP contribution in [0.5, 0.6) is 0 Å². The second-order valence-electron chi connectivity index (χ2n) is 13.2. The van der Waals surface area contributed by atoms with Gasteiger partial charge in [-0.2, -0.15) is 0 Å². The summed E-state index contributed by atoms with van der Waals surface area (Å²) in [6.07, 6.45) is 0. The van der Waals surface area contributed by atoms with Crippen LogP contribution in [0.15, 0.2) is 194 Å². The Morgan fingerprint density at radius 3 is 1.14 bits per heavy atom. The molecule has 0 N–H and O–H groups in total. The van der Waals surface area contributed by atoms with Crippen LogP contribution < -0.4 is 17.6 Å². The fraction of sp³-hybridized carbons (Fsp3) is 0. The molecule has 0 bridgehead atoms. The Morgan fingerprint density at radius 1 is 0.294 bits per heavy atom.